The van der Waals surface area contributed by atoms with Gasteiger partial charge in [-0.15, -0.1) is 0 Å². The number of Topliss-reactive ketones (excluding diaryl/α,β-unsaturated/α-hetero) is 1. The third-order valence-electron chi connectivity index (χ3n) is 4.07. The van der Waals surface area contributed by atoms with Crippen LogP contribution >= 0.6 is 0 Å². The Bertz CT molecular complexity index is 662. The van der Waals surface area contributed by atoms with Crippen molar-refractivity contribution in [1.29, 1.82) is 0 Å². The van der Waals surface area contributed by atoms with E-state index in [1.165, 1.54) is 0 Å². The maximum absolute atomic E-state index is 12.0. The summed E-state index contributed by atoms with van der Waals surface area (Å²) in [5, 5.41) is 2.83. The molecular formula is C19H19NO2. The molecule has 0 aromatic heterocycles. The fourth-order valence-electron chi connectivity index (χ4n) is 2.84. The van der Waals surface area contributed by atoms with Crippen molar-refractivity contribution in [3.8, 4) is 11.1 Å². The van der Waals surface area contributed by atoms with E-state index >= 15 is 0 Å². The molecule has 1 amide bonds. The highest BCUT2D eigenvalue weighted by atomic mass is 16.2. The van der Waals surface area contributed by atoms with Gasteiger partial charge in [-0.25, -0.2) is 0 Å². The van der Waals surface area contributed by atoms with Gasteiger partial charge in [-0.1, -0.05) is 54.6 Å². The first-order valence-electron chi connectivity index (χ1n) is 7.69. The average molecular weight is 293 g/mol. The second-order valence-corrected chi connectivity index (χ2v) is 5.72. The molecule has 22 heavy (non-hydrogen) atoms. The average Bonchev–Trinajstić information content (AvgIpc) is 2.94. The maximum Gasteiger partial charge on any atom is 0.224 e. The summed E-state index contributed by atoms with van der Waals surface area (Å²) in [5.41, 5.74) is 3.26. The lowest BCUT2D eigenvalue weighted by Crippen LogP contribution is -2.38. The zero-order valence-corrected chi connectivity index (χ0v) is 12.4. The minimum absolute atomic E-state index is 0.0762. The molecule has 1 unspecified atom stereocenters. The van der Waals surface area contributed by atoms with Gasteiger partial charge in [0.25, 0.3) is 0 Å². The SMILES string of the molecule is O=C(Cc1ccc(-c2ccccc2)cc1)NC1CCCC1=O. The van der Waals surface area contributed by atoms with Crippen molar-refractivity contribution < 1.29 is 9.59 Å². The molecule has 0 radical (unpaired) electrons. The Hall–Kier alpha value is -2.42. The molecule has 0 spiro atoms. The highest BCUT2D eigenvalue weighted by Crippen LogP contribution is 2.19. The molecule has 1 saturated carbocycles. The van der Waals surface area contributed by atoms with Gasteiger partial charge in [0.1, 0.15) is 0 Å². The number of benzene rings is 2. The van der Waals surface area contributed by atoms with Crippen LogP contribution < -0.4 is 5.32 Å². The third-order valence-corrected chi connectivity index (χ3v) is 4.07. The molecule has 3 rings (SSSR count). The number of carbonyl (C=O) groups is 2. The van der Waals surface area contributed by atoms with Gasteiger partial charge in [0, 0.05) is 6.42 Å². The number of carbonyl (C=O) groups excluding carboxylic acids is 2. The van der Waals surface area contributed by atoms with E-state index in [1.807, 2.05) is 42.5 Å². The van der Waals surface area contributed by atoms with E-state index in [1.54, 1.807) is 0 Å². The molecule has 2 aromatic carbocycles. The van der Waals surface area contributed by atoms with Crippen LogP contribution in [0.3, 0.4) is 0 Å². The van der Waals surface area contributed by atoms with Crippen molar-refractivity contribution >= 4 is 11.7 Å². The number of hydrogen-bond acceptors (Lipinski definition) is 2. The number of nitrogens with one attached hydrogen (secondary N) is 1. The van der Waals surface area contributed by atoms with Crippen LogP contribution in [0.1, 0.15) is 24.8 Å². The lowest BCUT2D eigenvalue weighted by atomic mass is 10.0. The van der Waals surface area contributed by atoms with Gasteiger partial charge in [0.2, 0.25) is 5.91 Å². The molecule has 1 N–H and O–H groups in total. The van der Waals surface area contributed by atoms with Gasteiger partial charge in [-0.3, -0.25) is 9.59 Å². The second-order valence-electron chi connectivity index (χ2n) is 5.72. The highest BCUT2D eigenvalue weighted by molar-refractivity contribution is 5.91. The summed E-state index contributed by atoms with van der Waals surface area (Å²) in [4.78, 5) is 23.6. The first-order chi connectivity index (χ1) is 10.7. The first kappa shape index (κ1) is 14.5. The quantitative estimate of drug-likeness (QED) is 0.941. The van der Waals surface area contributed by atoms with Crippen LogP contribution in [0.5, 0.6) is 0 Å². The molecule has 2 aromatic rings. The Morgan fingerprint density at radius 1 is 1.00 bits per heavy atom. The zero-order valence-electron chi connectivity index (χ0n) is 12.4. The van der Waals surface area contributed by atoms with Gasteiger partial charge in [-0.05, 0) is 29.5 Å². The van der Waals surface area contributed by atoms with E-state index in [9.17, 15) is 9.59 Å². The molecule has 1 aliphatic carbocycles. The van der Waals surface area contributed by atoms with Crippen molar-refractivity contribution in [3.05, 3.63) is 60.2 Å². The normalized spacial score (nSPS) is 17.5. The Balaban J connectivity index is 1.61. The number of rotatable bonds is 4. The maximum atomic E-state index is 12.0. The van der Waals surface area contributed by atoms with Crippen LogP contribution in [0.25, 0.3) is 11.1 Å². The Morgan fingerprint density at radius 2 is 1.68 bits per heavy atom. The summed E-state index contributed by atoms with van der Waals surface area (Å²) in [6.45, 7) is 0. The Kier molecular flexibility index (Phi) is 4.33. The van der Waals surface area contributed by atoms with Crippen molar-refractivity contribution in [2.45, 2.75) is 31.7 Å². The second kappa shape index (κ2) is 6.56. The molecule has 0 saturated heterocycles. The Morgan fingerprint density at radius 3 is 2.32 bits per heavy atom. The van der Waals surface area contributed by atoms with Gasteiger partial charge < -0.3 is 5.32 Å². The lowest BCUT2D eigenvalue weighted by molar-refractivity contribution is -0.126. The fraction of sp³-hybridized carbons (Fsp3) is 0.263. The van der Waals surface area contributed by atoms with Gasteiger partial charge in [0.15, 0.2) is 5.78 Å². The molecule has 1 atom stereocenters. The topological polar surface area (TPSA) is 46.2 Å². The summed E-state index contributed by atoms with van der Waals surface area (Å²) in [6.07, 6.45) is 2.57. The third kappa shape index (κ3) is 3.42. The minimum Gasteiger partial charge on any atom is -0.346 e. The minimum atomic E-state index is -0.268. The summed E-state index contributed by atoms with van der Waals surface area (Å²) < 4.78 is 0. The summed E-state index contributed by atoms with van der Waals surface area (Å²) in [6, 6.07) is 17.9. The molecule has 0 heterocycles. The van der Waals surface area contributed by atoms with E-state index in [0.29, 0.717) is 12.8 Å². The number of hydrogen-bond donors (Lipinski definition) is 1. The van der Waals surface area contributed by atoms with Crippen LogP contribution in [-0.2, 0) is 16.0 Å². The molecule has 3 nitrogen and oxygen atoms in total. The van der Waals surface area contributed by atoms with Crippen molar-refractivity contribution in [2.24, 2.45) is 0 Å². The van der Waals surface area contributed by atoms with Gasteiger partial charge in [-0.2, -0.15) is 0 Å². The monoisotopic (exact) mass is 293 g/mol. The van der Waals surface area contributed by atoms with Gasteiger partial charge >= 0.3 is 0 Å². The predicted octanol–water partition coefficient (Wildman–Crippen LogP) is 3.13. The Labute approximate surface area is 130 Å². The molecule has 0 bridgehead atoms. The smallest absolute Gasteiger partial charge is 0.224 e. The molecule has 0 aliphatic heterocycles. The van der Waals surface area contributed by atoms with Crippen molar-refractivity contribution in [3.63, 3.8) is 0 Å². The first-order valence-corrected chi connectivity index (χ1v) is 7.69. The van der Waals surface area contributed by atoms with Crippen molar-refractivity contribution in [2.75, 3.05) is 0 Å². The fourth-order valence-corrected chi connectivity index (χ4v) is 2.84. The van der Waals surface area contributed by atoms with Crippen LogP contribution in [0, 0.1) is 0 Å². The van der Waals surface area contributed by atoms with Crippen LogP contribution in [0.15, 0.2) is 54.6 Å². The number of ketones is 1. The number of amides is 1. The summed E-state index contributed by atoms with van der Waals surface area (Å²) in [5.74, 6) is 0.0838. The standard InChI is InChI=1S/C19H19NO2/c21-18-8-4-7-17(18)20-19(22)13-14-9-11-16(12-10-14)15-5-2-1-3-6-15/h1-3,5-6,9-12,17H,4,7-8,13H2,(H,20,22). The summed E-state index contributed by atoms with van der Waals surface area (Å²) >= 11 is 0. The zero-order chi connectivity index (χ0) is 15.4. The molecule has 3 heteroatoms. The van der Waals surface area contributed by atoms with Crippen molar-refractivity contribution in [1.82, 2.24) is 5.32 Å². The van der Waals surface area contributed by atoms with E-state index < -0.39 is 0 Å². The predicted molar refractivity (Wildman–Crippen MR) is 86.4 cm³/mol. The summed E-state index contributed by atoms with van der Waals surface area (Å²) in [7, 11) is 0. The van der Waals surface area contributed by atoms with Gasteiger partial charge in [0.05, 0.1) is 12.5 Å². The van der Waals surface area contributed by atoms with E-state index in [4.69, 9.17) is 0 Å². The largest absolute Gasteiger partial charge is 0.346 e. The lowest BCUT2D eigenvalue weighted by Gasteiger charge is -2.11. The van der Waals surface area contributed by atoms with Crippen LogP contribution in [-0.4, -0.2) is 17.7 Å². The van der Waals surface area contributed by atoms with E-state index in [0.717, 1.165) is 29.5 Å². The van der Waals surface area contributed by atoms with E-state index in [-0.39, 0.29) is 17.7 Å². The van der Waals surface area contributed by atoms with E-state index in [2.05, 4.69) is 17.4 Å². The molecule has 1 fully saturated rings. The molecular weight excluding hydrogens is 274 g/mol. The molecule has 1 aliphatic rings. The van der Waals surface area contributed by atoms with Crippen LogP contribution in [0.4, 0.5) is 0 Å². The highest BCUT2D eigenvalue weighted by Gasteiger charge is 2.25. The van der Waals surface area contributed by atoms with Crippen LogP contribution in [0.2, 0.25) is 0 Å². The molecule has 112 valence electrons.